The first kappa shape index (κ1) is 23.0. The molecule has 0 aliphatic carbocycles. The summed E-state index contributed by atoms with van der Waals surface area (Å²) >= 11 is 0. The molecule has 0 aliphatic rings. The maximum Gasteiger partial charge on any atom is 0.290 e. The van der Waals surface area contributed by atoms with E-state index in [2.05, 4.69) is 15.8 Å². The van der Waals surface area contributed by atoms with Gasteiger partial charge in [-0.05, 0) is 40.2 Å². The van der Waals surface area contributed by atoms with Crippen LogP contribution in [0.4, 0.5) is 10.1 Å². The highest BCUT2D eigenvalue weighted by atomic mass is 28.3. The minimum atomic E-state index is -1.87. The van der Waals surface area contributed by atoms with Crippen molar-refractivity contribution in [3.8, 4) is 11.6 Å². The van der Waals surface area contributed by atoms with Crippen LogP contribution in [0, 0.1) is 5.82 Å². The van der Waals surface area contributed by atoms with E-state index in [0.717, 1.165) is 6.07 Å². The number of hydrogen-bond acceptors (Lipinski definition) is 6. The van der Waals surface area contributed by atoms with Gasteiger partial charge in [-0.15, -0.1) is 0 Å². The van der Waals surface area contributed by atoms with Crippen molar-refractivity contribution in [2.75, 3.05) is 12.4 Å². The Bertz CT molecular complexity index is 1130. The van der Waals surface area contributed by atoms with Crippen molar-refractivity contribution in [3.63, 3.8) is 0 Å². The molecular weight excluding hydrogens is 433 g/mol. The molecule has 10 heteroatoms. The number of hydrogen-bond donors (Lipinski definition) is 3. The van der Waals surface area contributed by atoms with E-state index in [1.165, 1.54) is 13.2 Å². The Hall–Kier alpha value is -3.66. The third-order valence-corrected chi connectivity index (χ3v) is 6.77. The van der Waals surface area contributed by atoms with E-state index in [1.807, 2.05) is 19.6 Å². The van der Waals surface area contributed by atoms with Crippen molar-refractivity contribution in [2.24, 2.45) is 0 Å². The minimum absolute atomic E-state index is 0.263. The molecule has 3 aromatic rings. The largest absolute Gasteiger partial charge is 0.497 e. The molecule has 0 fully saturated rings. The van der Waals surface area contributed by atoms with Crippen LogP contribution in [-0.2, 0) is 4.79 Å². The number of benzene rings is 2. The zero-order chi connectivity index (χ0) is 23.5. The number of nitrogens with one attached hydrogen (secondary N) is 2. The van der Waals surface area contributed by atoms with E-state index in [4.69, 9.17) is 9.26 Å². The van der Waals surface area contributed by atoms with Crippen LogP contribution in [0.1, 0.15) is 22.2 Å². The minimum Gasteiger partial charge on any atom is -0.497 e. The summed E-state index contributed by atoms with van der Waals surface area (Å²) in [5.74, 6) is -1.88. The zero-order valence-corrected chi connectivity index (χ0v) is 19.1. The van der Waals surface area contributed by atoms with Gasteiger partial charge >= 0.3 is 0 Å². The lowest BCUT2D eigenvalue weighted by atomic mass is 10.1. The number of nitrogens with zero attached hydrogens (tertiary/aromatic N) is 1. The number of aromatic hydroxyl groups is 1. The topological polar surface area (TPSA) is 114 Å². The average Bonchev–Trinajstić information content (AvgIpc) is 3.17. The smallest absolute Gasteiger partial charge is 0.290 e. The zero-order valence-electron chi connectivity index (χ0n) is 18.1. The van der Waals surface area contributed by atoms with Gasteiger partial charge < -0.3 is 25.0 Å². The molecule has 2 aromatic carbocycles. The Morgan fingerprint density at radius 2 is 1.81 bits per heavy atom. The standard InChI is InChI=1S/C22H24FN3O5Si/c1-30-15-8-5-13(6-9-15)20(25-21(28)17-12-19(27)26-31-17)22(29)24-14-7-10-18(16(23)11-14)32(2,3)4/h5-12,20H,1-4H3,(H,24,29)(H,25,28)(H,26,27)/t20-/m1/s1. The summed E-state index contributed by atoms with van der Waals surface area (Å²) < 4.78 is 24.5. The molecule has 0 saturated carbocycles. The highest BCUT2D eigenvalue weighted by Gasteiger charge is 2.26. The van der Waals surface area contributed by atoms with Crippen LogP contribution in [0.25, 0.3) is 0 Å². The Kier molecular flexibility index (Phi) is 6.63. The lowest BCUT2D eigenvalue weighted by Gasteiger charge is -2.20. The van der Waals surface area contributed by atoms with Crippen molar-refractivity contribution in [3.05, 3.63) is 65.7 Å². The summed E-state index contributed by atoms with van der Waals surface area (Å²) in [4.78, 5) is 25.6. The van der Waals surface area contributed by atoms with Crippen LogP contribution < -0.4 is 20.6 Å². The Labute approximate surface area is 185 Å². The maximum atomic E-state index is 14.6. The van der Waals surface area contributed by atoms with E-state index < -0.39 is 31.8 Å². The van der Waals surface area contributed by atoms with Gasteiger partial charge in [0.1, 0.15) is 17.6 Å². The normalized spacial score (nSPS) is 12.2. The summed E-state index contributed by atoms with van der Waals surface area (Å²) in [7, 11) is -0.365. The third kappa shape index (κ3) is 5.33. The quantitative estimate of drug-likeness (QED) is 0.470. The van der Waals surface area contributed by atoms with Crippen molar-refractivity contribution < 1.29 is 28.3 Å². The fourth-order valence-electron chi connectivity index (χ4n) is 3.09. The first-order valence-corrected chi connectivity index (χ1v) is 13.3. The number of rotatable bonds is 7. The summed E-state index contributed by atoms with van der Waals surface area (Å²) in [6.45, 7) is 6.08. The van der Waals surface area contributed by atoms with E-state index in [1.54, 1.807) is 36.4 Å². The van der Waals surface area contributed by atoms with E-state index in [0.29, 0.717) is 16.5 Å². The summed E-state index contributed by atoms with van der Waals surface area (Å²) in [6.07, 6.45) is 0. The van der Waals surface area contributed by atoms with Crippen LogP contribution in [0.3, 0.4) is 0 Å². The predicted octanol–water partition coefficient (Wildman–Crippen LogP) is 3.18. The summed E-state index contributed by atoms with van der Waals surface area (Å²) in [5.41, 5.74) is 0.721. The molecular formula is C22H24FN3O5Si. The van der Waals surface area contributed by atoms with Crippen molar-refractivity contribution in [1.82, 2.24) is 10.5 Å². The number of carbonyl (C=O) groups is 2. The average molecular weight is 458 g/mol. The van der Waals surface area contributed by atoms with Gasteiger partial charge in [-0.25, -0.2) is 4.39 Å². The fraction of sp³-hybridized carbons (Fsp3) is 0.227. The van der Waals surface area contributed by atoms with Crippen molar-refractivity contribution in [2.45, 2.75) is 25.7 Å². The van der Waals surface area contributed by atoms with Crippen molar-refractivity contribution >= 4 is 30.8 Å². The van der Waals surface area contributed by atoms with E-state index >= 15 is 0 Å². The Balaban J connectivity index is 1.87. The van der Waals surface area contributed by atoms with Crippen LogP contribution in [0.5, 0.6) is 11.6 Å². The van der Waals surface area contributed by atoms with Gasteiger partial charge in [-0.1, -0.05) is 37.8 Å². The SMILES string of the molecule is COc1ccc([C@@H](NC(=O)c2cc(O)no2)C(=O)Nc2ccc([Si](C)(C)C)c(F)c2)cc1. The number of halogens is 1. The molecule has 0 radical (unpaired) electrons. The van der Waals surface area contributed by atoms with Gasteiger partial charge in [0.2, 0.25) is 5.76 Å². The maximum absolute atomic E-state index is 14.6. The third-order valence-electron chi connectivity index (χ3n) is 4.75. The van der Waals surface area contributed by atoms with Gasteiger partial charge in [-0.3, -0.25) is 9.59 Å². The highest BCUT2D eigenvalue weighted by Crippen LogP contribution is 2.21. The van der Waals surface area contributed by atoms with Gasteiger partial charge in [0, 0.05) is 5.69 Å². The fourth-order valence-corrected chi connectivity index (χ4v) is 4.46. The second kappa shape index (κ2) is 9.23. The highest BCUT2D eigenvalue weighted by molar-refractivity contribution is 6.88. The predicted molar refractivity (Wildman–Crippen MR) is 119 cm³/mol. The van der Waals surface area contributed by atoms with Gasteiger partial charge in [-0.2, -0.15) is 0 Å². The van der Waals surface area contributed by atoms with Crippen LogP contribution in [0.2, 0.25) is 19.6 Å². The van der Waals surface area contributed by atoms with Crippen LogP contribution >= 0.6 is 0 Å². The monoisotopic (exact) mass is 457 g/mol. The molecule has 2 amide bonds. The van der Waals surface area contributed by atoms with Crippen LogP contribution in [-0.4, -0.2) is 37.3 Å². The second-order valence-electron chi connectivity index (χ2n) is 8.16. The van der Waals surface area contributed by atoms with Gasteiger partial charge in [0.05, 0.1) is 21.3 Å². The molecule has 168 valence electrons. The van der Waals surface area contributed by atoms with E-state index in [9.17, 15) is 19.1 Å². The number of methoxy groups -OCH3 is 1. The number of amides is 2. The van der Waals surface area contributed by atoms with Gasteiger partial charge in [0.15, 0.2) is 0 Å². The molecule has 0 unspecified atom stereocenters. The first-order chi connectivity index (χ1) is 15.1. The second-order valence-corrected chi connectivity index (χ2v) is 13.2. The molecule has 8 nitrogen and oxygen atoms in total. The Morgan fingerprint density at radius 1 is 1.12 bits per heavy atom. The van der Waals surface area contributed by atoms with E-state index in [-0.39, 0.29) is 17.3 Å². The number of carbonyl (C=O) groups excluding carboxylic acids is 2. The molecule has 0 saturated heterocycles. The molecule has 1 atom stereocenters. The molecule has 1 aromatic heterocycles. The summed E-state index contributed by atoms with van der Waals surface area (Å²) in [5, 5.41) is 18.4. The number of aromatic nitrogens is 1. The van der Waals surface area contributed by atoms with Gasteiger partial charge in [0.25, 0.3) is 17.7 Å². The molecule has 3 N–H and O–H groups in total. The Morgan fingerprint density at radius 3 is 2.34 bits per heavy atom. The first-order valence-electron chi connectivity index (χ1n) is 9.80. The lowest BCUT2D eigenvalue weighted by molar-refractivity contribution is -0.118. The number of ether oxygens (including phenoxy) is 1. The lowest BCUT2D eigenvalue weighted by Crippen LogP contribution is -2.40. The molecule has 0 spiro atoms. The number of anilines is 1. The van der Waals surface area contributed by atoms with Crippen molar-refractivity contribution in [1.29, 1.82) is 0 Å². The molecule has 0 bridgehead atoms. The summed E-state index contributed by atoms with van der Waals surface area (Å²) in [6, 6.07) is 11.0. The van der Waals surface area contributed by atoms with Crippen LogP contribution in [0.15, 0.2) is 53.1 Å². The molecule has 1 heterocycles. The molecule has 0 aliphatic heterocycles. The molecule has 3 rings (SSSR count). The molecule has 32 heavy (non-hydrogen) atoms.